The Labute approximate surface area is 146 Å². The van der Waals surface area contributed by atoms with Gasteiger partial charge in [-0.25, -0.2) is 9.37 Å². The molecule has 25 heavy (non-hydrogen) atoms. The summed E-state index contributed by atoms with van der Waals surface area (Å²) < 4.78 is 18.9. The van der Waals surface area contributed by atoms with E-state index in [1.54, 1.807) is 36.3 Å². The first-order valence-electron chi connectivity index (χ1n) is 8.22. The number of benzene rings is 1. The number of anilines is 1. The monoisotopic (exact) mass is 344 g/mol. The van der Waals surface area contributed by atoms with Crippen molar-refractivity contribution in [2.75, 3.05) is 38.2 Å². The molecular formula is C18H21FN4O2. The lowest BCUT2D eigenvalue weighted by Gasteiger charge is -2.35. The third-order valence-corrected chi connectivity index (χ3v) is 4.27. The van der Waals surface area contributed by atoms with Gasteiger partial charge in [-0.3, -0.25) is 4.79 Å². The van der Waals surface area contributed by atoms with Crippen LogP contribution in [0.2, 0.25) is 0 Å². The van der Waals surface area contributed by atoms with Gasteiger partial charge in [0.2, 0.25) is 11.8 Å². The van der Waals surface area contributed by atoms with Gasteiger partial charge in [0.1, 0.15) is 17.5 Å². The average molecular weight is 344 g/mol. The fraction of sp³-hybridized carbons (Fsp3) is 0.389. The van der Waals surface area contributed by atoms with Crippen LogP contribution in [-0.4, -0.2) is 54.1 Å². The summed E-state index contributed by atoms with van der Waals surface area (Å²) in [6.07, 6.45) is 0.0904. The SMILES string of the molecule is COc1cc(N2CCN(C(=O)Cc3ccccc3F)CC2)nc(C)n1. The fourth-order valence-electron chi connectivity index (χ4n) is 2.89. The number of hydrogen-bond acceptors (Lipinski definition) is 5. The van der Waals surface area contributed by atoms with Crippen molar-refractivity contribution in [2.45, 2.75) is 13.3 Å². The van der Waals surface area contributed by atoms with Crippen molar-refractivity contribution in [3.05, 3.63) is 47.5 Å². The van der Waals surface area contributed by atoms with Crippen molar-refractivity contribution >= 4 is 11.7 Å². The first kappa shape index (κ1) is 17.1. The number of aromatic nitrogens is 2. The fourth-order valence-corrected chi connectivity index (χ4v) is 2.89. The van der Waals surface area contributed by atoms with Gasteiger partial charge in [-0.05, 0) is 18.6 Å². The summed E-state index contributed by atoms with van der Waals surface area (Å²) in [7, 11) is 1.57. The molecule has 0 unspecified atom stereocenters. The van der Waals surface area contributed by atoms with Crippen LogP contribution in [0.3, 0.4) is 0 Å². The summed E-state index contributed by atoms with van der Waals surface area (Å²) in [5.41, 5.74) is 0.436. The third kappa shape index (κ3) is 4.04. The van der Waals surface area contributed by atoms with Crippen LogP contribution in [0.5, 0.6) is 5.88 Å². The molecule has 1 saturated heterocycles. The minimum absolute atomic E-state index is 0.0544. The van der Waals surface area contributed by atoms with Gasteiger partial charge in [0.05, 0.1) is 13.5 Å². The number of hydrogen-bond donors (Lipinski definition) is 0. The smallest absolute Gasteiger partial charge is 0.227 e. The first-order valence-corrected chi connectivity index (χ1v) is 8.22. The summed E-state index contributed by atoms with van der Waals surface area (Å²) >= 11 is 0. The molecular weight excluding hydrogens is 323 g/mol. The Morgan fingerprint density at radius 2 is 1.92 bits per heavy atom. The van der Waals surface area contributed by atoms with E-state index in [1.165, 1.54) is 6.07 Å². The van der Waals surface area contributed by atoms with E-state index in [-0.39, 0.29) is 18.1 Å². The van der Waals surface area contributed by atoms with Crippen LogP contribution in [0.4, 0.5) is 10.2 Å². The standard InChI is InChI=1S/C18H21FN4O2/c1-13-20-16(12-17(21-13)25-2)22-7-9-23(10-8-22)18(24)11-14-5-3-4-6-15(14)19/h3-6,12H,7-11H2,1-2H3. The summed E-state index contributed by atoms with van der Waals surface area (Å²) in [6, 6.07) is 8.20. The van der Waals surface area contributed by atoms with Crippen molar-refractivity contribution < 1.29 is 13.9 Å². The van der Waals surface area contributed by atoms with Gasteiger partial charge >= 0.3 is 0 Å². The number of halogens is 1. The van der Waals surface area contributed by atoms with Gasteiger partial charge in [-0.2, -0.15) is 4.98 Å². The zero-order valence-electron chi connectivity index (χ0n) is 14.4. The maximum absolute atomic E-state index is 13.7. The Kier molecular flexibility index (Phi) is 5.11. The molecule has 0 bridgehead atoms. The van der Waals surface area contributed by atoms with Crippen LogP contribution in [0, 0.1) is 12.7 Å². The number of carbonyl (C=O) groups excluding carboxylic acids is 1. The molecule has 1 aliphatic heterocycles. The molecule has 0 radical (unpaired) electrons. The molecule has 0 atom stereocenters. The molecule has 7 heteroatoms. The molecule has 6 nitrogen and oxygen atoms in total. The number of aryl methyl sites for hydroxylation is 1. The topological polar surface area (TPSA) is 58.6 Å². The molecule has 0 spiro atoms. The van der Waals surface area contributed by atoms with Gasteiger partial charge < -0.3 is 14.5 Å². The molecule has 0 saturated carbocycles. The zero-order valence-corrected chi connectivity index (χ0v) is 14.4. The minimum Gasteiger partial charge on any atom is -0.481 e. The molecule has 2 heterocycles. The second-order valence-electron chi connectivity index (χ2n) is 5.95. The zero-order chi connectivity index (χ0) is 17.8. The van der Waals surface area contributed by atoms with E-state index in [0.717, 1.165) is 5.82 Å². The maximum atomic E-state index is 13.7. The van der Waals surface area contributed by atoms with Gasteiger partial charge in [0.25, 0.3) is 0 Å². The highest BCUT2D eigenvalue weighted by Crippen LogP contribution is 2.19. The number of ether oxygens (including phenoxy) is 1. The first-order chi connectivity index (χ1) is 12.1. The van der Waals surface area contributed by atoms with Gasteiger partial charge in [-0.1, -0.05) is 18.2 Å². The molecule has 1 aromatic heterocycles. The Morgan fingerprint density at radius 3 is 2.60 bits per heavy atom. The predicted octanol–water partition coefficient (Wildman–Crippen LogP) is 1.82. The highest BCUT2D eigenvalue weighted by Gasteiger charge is 2.23. The Hall–Kier alpha value is -2.70. The van der Waals surface area contributed by atoms with E-state index in [1.807, 2.05) is 6.92 Å². The third-order valence-electron chi connectivity index (χ3n) is 4.27. The van der Waals surface area contributed by atoms with E-state index in [4.69, 9.17) is 4.74 Å². The summed E-state index contributed by atoms with van der Waals surface area (Å²) in [5, 5.41) is 0. The highest BCUT2D eigenvalue weighted by molar-refractivity contribution is 5.79. The molecule has 1 fully saturated rings. The van der Waals surface area contributed by atoms with Crippen LogP contribution >= 0.6 is 0 Å². The molecule has 132 valence electrons. The van der Waals surface area contributed by atoms with Crippen molar-refractivity contribution in [3.8, 4) is 5.88 Å². The van der Waals surface area contributed by atoms with E-state index in [9.17, 15) is 9.18 Å². The summed E-state index contributed by atoms with van der Waals surface area (Å²) in [4.78, 5) is 24.9. The van der Waals surface area contributed by atoms with Crippen LogP contribution in [-0.2, 0) is 11.2 Å². The molecule has 2 aromatic rings. The Morgan fingerprint density at radius 1 is 1.20 bits per heavy atom. The normalized spacial score (nSPS) is 14.5. The van der Waals surface area contributed by atoms with Crippen LogP contribution < -0.4 is 9.64 Å². The van der Waals surface area contributed by atoms with Gasteiger partial charge in [-0.15, -0.1) is 0 Å². The molecule has 1 amide bonds. The maximum Gasteiger partial charge on any atom is 0.227 e. The number of methoxy groups -OCH3 is 1. The number of carbonyl (C=O) groups is 1. The summed E-state index contributed by atoms with van der Waals surface area (Å²) in [6.45, 7) is 4.32. The number of amides is 1. The molecule has 0 aliphatic carbocycles. The Bertz CT molecular complexity index is 760. The number of nitrogens with zero attached hydrogens (tertiary/aromatic N) is 4. The highest BCUT2D eigenvalue weighted by atomic mass is 19.1. The van der Waals surface area contributed by atoms with Gasteiger partial charge in [0, 0.05) is 32.2 Å². The van der Waals surface area contributed by atoms with E-state index in [2.05, 4.69) is 14.9 Å². The van der Waals surface area contributed by atoms with E-state index >= 15 is 0 Å². The van der Waals surface area contributed by atoms with Gasteiger partial charge in [0.15, 0.2) is 0 Å². The van der Waals surface area contributed by atoms with Crippen molar-refractivity contribution in [1.29, 1.82) is 0 Å². The largest absolute Gasteiger partial charge is 0.481 e. The quantitative estimate of drug-likeness (QED) is 0.847. The molecule has 3 rings (SSSR count). The van der Waals surface area contributed by atoms with Crippen LogP contribution in [0.1, 0.15) is 11.4 Å². The lowest BCUT2D eigenvalue weighted by Crippen LogP contribution is -2.49. The second-order valence-corrected chi connectivity index (χ2v) is 5.95. The predicted molar refractivity (Wildman–Crippen MR) is 92.2 cm³/mol. The van der Waals surface area contributed by atoms with E-state index in [0.29, 0.717) is 43.4 Å². The molecule has 1 aliphatic rings. The lowest BCUT2D eigenvalue weighted by atomic mass is 10.1. The molecule has 1 aromatic carbocycles. The van der Waals surface area contributed by atoms with Crippen LogP contribution in [0.25, 0.3) is 0 Å². The number of piperazine rings is 1. The number of rotatable bonds is 4. The van der Waals surface area contributed by atoms with Crippen molar-refractivity contribution in [1.82, 2.24) is 14.9 Å². The minimum atomic E-state index is -0.335. The van der Waals surface area contributed by atoms with Crippen molar-refractivity contribution in [3.63, 3.8) is 0 Å². The lowest BCUT2D eigenvalue weighted by molar-refractivity contribution is -0.130. The summed E-state index contributed by atoms with van der Waals surface area (Å²) in [5.74, 6) is 1.58. The van der Waals surface area contributed by atoms with E-state index < -0.39 is 0 Å². The van der Waals surface area contributed by atoms with Crippen LogP contribution in [0.15, 0.2) is 30.3 Å². The van der Waals surface area contributed by atoms with Crippen molar-refractivity contribution in [2.24, 2.45) is 0 Å². The Balaban J connectivity index is 1.61. The molecule has 0 N–H and O–H groups in total. The average Bonchev–Trinajstić information content (AvgIpc) is 2.63. The second kappa shape index (κ2) is 7.46.